The zero-order valence-corrected chi connectivity index (χ0v) is 16.8. The molecule has 0 saturated heterocycles. The Morgan fingerprint density at radius 3 is 1.57 bits per heavy atom. The second kappa shape index (κ2) is 9.41. The quantitative estimate of drug-likeness (QED) is 0.524. The van der Waals surface area contributed by atoms with Crippen LogP contribution in [-0.2, 0) is 26.5 Å². The van der Waals surface area contributed by atoms with Gasteiger partial charge in [0.05, 0.1) is 27.2 Å². The summed E-state index contributed by atoms with van der Waals surface area (Å²) in [5.74, 6) is 0. The Labute approximate surface area is 159 Å². The Morgan fingerprint density at radius 2 is 1.25 bits per heavy atom. The number of quaternary nitrogens is 1. The van der Waals surface area contributed by atoms with E-state index in [9.17, 15) is 43.2 Å². The van der Waals surface area contributed by atoms with Crippen LogP contribution in [-0.4, -0.2) is 59.5 Å². The normalized spacial score (nSPS) is 13.6. The fourth-order valence-electron chi connectivity index (χ4n) is 1.47. The van der Waals surface area contributed by atoms with Crippen LogP contribution in [0.25, 0.3) is 0 Å². The maximum Gasteiger partial charge on any atom is 0.512 e. The van der Waals surface area contributed by atoms with E-state index in [0.29, 0.717) is 0 Å². The number of benzene rings is 1. The number of hydrogen-bond acceptors (Lipinski definition) is 4. The highest BCUT2D eigenvalue weighted by atomic mass is 32.3. The number of nitrogens with zero attached hydrogens (tertiary/aromatic N) is 1. The Kier molecular flexibility index (Phi) is 8.95. The van der Waals surface area contributed by atoms with Crippen LogP contribution in [0, 0.1) is 0 Å². The van der Waals surface area contributed by atoms with Crippen molar-refractivity contribution in [3.8, 4) is 0 Å². The molecule has 0 radical (unpaired) electrons. The highest BCUT2D eigenvalue weighted by molar-refractivity contribution is 8.05. The van der Waals surface area contributed by atoms with E-state index in [-0.39, 0.29) is 0 Å². The summed E-state index contributed by atoms with van der Waals surface area (Å²) >= 11 is 0. The molecular formula is C14H21F6N2O4S2+. The van der Waals surface area contributed by atoms with Gasteiger partial charge in [-0.3, -0.25) is 0 Å². The largest absolute Gasteiger partial charge is 0.512 e. The fourth-order valence-corrected chi connectivity index (χ4v) is 3.38. The number of nitrogens with one attached hydrogen (secondary N) is 1. The van der Waals surface area contributed by atoms with Gasteiger partial charge in [0.2, 0.25) is 0 Å². The van der Waals surface area contributed by atoms with Crippen molar-refractivity contribution in [2.75, 3.05) is 27.2 Å². The summed E-state index contributed by atoms with van der Waals surface area (Å²) in [4.78, 5) is 0. The monoisotopic (exact) mass is 459 g/mol. The van der Waals surface area contributed by atoms with Crippen LogP contribution in [0.15, 0.2) is 30.3 Å². The highest BCUT2D eigenvalue weighted by Gasteiger charge is 2.55. The van der Waals surface area contributed by atoms with E-state index in [4.69, 9.17) is 0 Å². The summed E-state index contributed by atoms with van der Waals surface area (Å²) in [6.07, 6.45) is 1.18. The number of halogens is 6. The number of hydrogen-bond donors (Lipinski definition) is 1. The summed E-state index contributed by atoms with van der Waals surface area (Å²) in [7, 11) is -8.63. The molecule has 0 atom stereocenters. The topological polar surface area (TPSA) is 80.3 Å². The van der Waals surface area contributed by atoms with E-state index >= 15 is 0 Å². The average Bonchev–Trinajstić information content (AvgIpc) is 2.52. The van der Waals surface area contributed by atoms with Gasteiger partial charge in [0.15, 0.2) is 0 Å². The minimum Gasteiger partial charge on any atom is -0.328 e. The van der Waals surface area contributed by atoms with E-state index in [1.54, 1.807) is 0 Å². The Morgan fingerprint density at radius 1 is 0.857 bits per heavy atom. The molecule has 0 spiro atoms. The summed E-state index contributed by atoms with van der Waals surface area (Å²) in [6, 6.07) is 10.7. The molecule has 0 bridgehead atoms. The zero-order valence-electron chi connectivity index (χ0n) is 15.2. The summed E-state index contributed by atoms with van der Waals surface area (Å²) in [5, 5.41) is 0. The molecular weight excluding hydrogens is 438 g/mol. The Bertz CT molecular complexity index is 778. The number of rotatable bonds is 6. The maximum atomic E-state index is 11.5. The first-order valence-corrected chi connectivity index (χ1v) is 10.6. The average molecular weight is 459 g/mol. The second-order valence-electron chi connectivity index (χ2n) is 6.19. The molecule has 6 nitrogen and oxygen atoms in total. The standard InChI is InChI=1S/C12H20N.C2HF6NO4S2/c1-4-13(2,3)11-10-12-8-6-5-7-9-12;3-1(4,5)14(10,11)9-15(12,13)2(6,7)8/h5-9H,4,10-11H2,1-3H3;9H/q+1;. The lowest BCUT2D eigenvalue weighted by atomic mass is 10.1. The van der Waals surface area contributed by atoms with Gasteiger partial charge < -0.3 is 4.48 Å². The van der Waals surface area contributed by atoms with Crippen LogP contribution in [0.4, 0.5) is 26.3 Å². The SMILES string of the molecule is CC[N+](C)(C)CCc1ccccc1.O=S(=O)(NS(=O)(=O)C(F)(F)F)C(F)(F)F. The van der Waals surface area contributed by atoms with Crippen molar-refractivity contribution in [3.05, 3.63) is 35.9 Å². The molecule has 0 aromatic heterocycles. The molecule has 14 heteroatoms. The molecule has 0 unspecified atom stereocenters. The summed E-state index contributed by atoms with van der Waals surface area (Å²) in [5.41, 5.74) is -10.8. The minimum atomic E-state index is -6.60. The number of likely N-dealkylation sites (N-methyl/N-ethyl adjacent to an activating group) is 1. The smallest absolute Gasteiger partial charge is 0.328 e. The van der Waals surface area contributed by atoms with Crippen LogP contribution in [0.5, 0.6) is 0 Å². The van der Waals surface area contributed by atoms with Gasteiger partial charge in [-0.25, -0.2) is 16.8 Å². The molecule has 0 saturated carbocycles. The van der Waals surface area contributed by atoms with Gasteiger partial charge in [-0.05, 0) is 12.5 Å². The summed E-state index contributed by atoms with van der Waals surface area (Å²) < 4.78 is 109. The second-order valence-corrected chi connectivity index (χ2v) is 9.80. The minimum absolute atomic E-state index is 0.493. The van der Waals surface area contributed by atoms with Crippen molar-refractivity contribution in [1.29, 1.82) is 0 Å². The lowest BCUT2D eigenvalue weighted by Crippen LogP contribution is -2.45. The molecule has 1 rings (SSSR count). The molecule has 0 aliphatic rings. The van der Waals surface area contributed by atoms with Gasteiger partial charge in [0.1, 0.15) is 0 Å². The van der Waals surface area contributed by atoms with E-state index in [2.05, 4.69) is 51.4 Å². The van der Waals surface area contributed by atoms with Crippen LogP contribution in [0.1, 0.15) is 12.5 Å². The van der Waals surface area contributed by atoms with Crippen LogP contribution < -0.4 is 4.13 Å². The van der Waals surface area contributed by atoms with Crippen molar-refractivity contribution in [3.63, 3.8) is 0 Å². The lowest BCUT2D eigenvalue weighted by Gasteiger charge is -2.28. The molecule has 0 aliphatic heterocycles. The summed E-state index contributed by atoms with van der Waals surface area (Å²) in [6.45, 7) is 4.67. The fraction of sp³-hybridized carbons (Fsp3) is 0.571. The highest BCUT2D eigenvalue weighted by Crippen LogP contribution is 2.27. The maximum absolute atomic E-state index is 11.5. The zero-order chi connectivity index (χ0) is 22.4. The molecule has 0 heterocycles. The van der Waals surface area contributed by atoms with Crippen LogP contribution >= 0.6 is 0 Å². The van der Waals surface area contributed by atoms with Crippen LogP contribution in [0.2, 0.25) is 0 Å². The predicted octanol–water partition coefficient (Wildman–Crippen LogP) is 2.60. The molecule has 28 heavy (non-hydrogen) atoms. The molecule has 0 fully saturated rings. The van der Waals surface area contributed by atoms with Gasteiger partial charge >= 0.3 is 31.1 Å². The van der Waals surface area contributed by atoms with E-state index in [1.807, 2.05) is 0 Å². The number of sulfonamides is 2. The molecule has 1 N–H and O–H groups in total. The van der Waals surface area contributed by atoms with E-state index in [1.165, 1.54) is 25.1 Å². The third-order valence-electron chi connectivity index (χ3n) is 3.53. The van der Waals surface area contributed by atoms with E-state index in [0.717, 1.165) is 4.48 Å². The third kappa shape index (κ3) is 8.75. The van der Waals surface area contributed by atoms with Gasteiger partial charge in [0.25, 0.3) is 0 Å². The van der Waals surface area contributed by atoms with Crippen molar-refractivity contribution >= 4 is 20.0 Å². The molecule has 164 valence electrons. The molecule has 0 amide bonds. The van der Waals surface area contributed by atoms with Gasteiger partial charge in [0, 0.05) is 6.42 Å². The first-order chi connectivity index (χ1) is 12.3. The number of alkyl halides is 6. The Balaban J connectivity index is 0.000000525. The lowest BCUT2D eigenvalue weighted by molar-refractivity contribution is -0.888. The Hall–Kier alpha value is -1.38. The van der Waals surface area contributed by atoms with Crippen molar-refractivity contribution < 1.29 is 47.7 Å². The van der Waals surface area contributed by atoms with Crippen molar-refractivity contribution in [2.24, 2.45) is 0 Å². The van der Waals surface area contributed by atoms with Gasteiger partial charge in [-0.2, -0.15) is 26.3 Å². The first-order valence-electron chi connectivity index (χ1n) is 7.62. The van der Waals surface area contributed by atoms with Crippen LogP contribution in [0.3, 0.4) is 0 Å². The predicted molar refractivity (Wildman–Crippen MR) is 90.7 cm³/mol. The first kappa shape index (κ1) is 26.6. The van der Waals surface area contributed by atoms with E-state index < -0.39 is 35.2 Å². The van der Waals surface area contributed by atoms with Crippen molar-refractivity contribution in [1.82, 2.24) is 4.13 Å². The molecule has 1 aromatic rings. The van der Waals surface area contributed by atoms with Gasteiger partial charge in [-0.1, -0.05) is 34.5 Å². The molecule has 1 aromatic carbocycles. The van der Waals surface area contributed by atoms with Gasteiger partial charge in [-0.15, -0.1) is 0 Å². The molecule has 0 aliphatic carbocycles. The third-order valence-corrected chi connectivity index (χ3v) is 6.51. The van der Waals surface area contributed by atoms with Crippen molar-refractivity contribution in [2.45, 2.75) is 24.4 Å².